The molecule has 0 amide bonds. The second-order valence-corrected chi connectivity index (χ2v) is 6.39. The minimum atomic E-state index is -0.537. The largest absolute Gasteiger partial charge is 0.388 e. The van der Waals surface area contributed by atoms with Crippen LogP contribution in [0.5, 0.6) is 0 Å². The molecule has 0 spiro atoms. The molecule has 118 valence electrons. The lowest BCUT2D eigenvalue weighted by Gasteiger charge is -2.17. The van der Waals surface area contributed by atoms with Crippen LogP contribution < -0.4 is 0 Å². The highest BCUT2D eigenvalue weighted by Gasteiger charge is 2.15. The zero-order valence-electron chi connectivity index (χ0n) is 13.6. The van der Waals surface area contributed by atoms with E-state index < -0.39 is 12.2 Å². The fraction of sp³-hybridized carbons (Fsp3) is 0.444. The average molecular weight is 300 g/mol. The number of hydrogen-bond acceptors (Lipinski definition) is 4. The van der Waals surface area contributed by atoms with Crippen molar-refractivity contribution in [3.63, 3.8) is 0 Å². The van der Waals surface area contributed by atoms with Gasteiger partial charge in [0.15, 0.2) is 0 Å². The highest BCUT2D eigenvalue weighted by atomic mass is 16.3. The fourth-order valence-electron chi connectivity index (χ4n) is 2.32. The highest BCUT2D eigenvalue weighted by Crippen LogP contribution is 2.28. The molecule has 4 nitrogen and oxygen atoms in total. The first-order valence-electron chi connectivity index (χ1n) is 7.66. The van der Waals surface area contributed by atoms with Crippen molar-refractivity contribution in [3.05, 3.63) is 48.0 Å². The summed E-state index contributed by atoms with van der Waals surface area (Å²) in [5, 5.41) is 20.4. The van der Waals surface area contributed by atoms with Crippen LogP contribution in [0.1, 0.15) is 51.0 Å². The second-order valence-electron chi connectivity index (χ2n) is 6.39. The lowest BCUT2D eigenvalue weighted by atomic mass is 9.96. The molecule has 0 saturated carbocycles. The Morgan fingerprint density at radius 2 is 1.05 bits per heavy atom. The molecule has 0 unspecified atom stereocenters. The SMILES string of the molecule is CC(C)[C@H](O)c1cncc(-c2cncc([C@@H](O)C(C)C)c2)c1. The summed E-state index contributed by atoms with van der Waals surface area (Å²) in [6, 6.07) is 3.86. The molecule has 0 aliphatic carbocycles. The van der Waals surface area contributed by atoms with E-state index in [0.717, 1.165) is 22.3 Å². The van der Waals surface area contributed by atoms with Gasteiger partial charge in [-0.2, -0.15) is 0 Å². The minimum absolute atomic E-state index is 0.129. The standard InChI is InChI=1S/C18H24N2O2/c1-11(2)17(21)15-5-13(7-19-9-15)14-6-16(10-20-8-14)18(22)12(3)4/h5-12,17-18,21-22H,1-4H3/t17-,18-/m0/s1. The zero-order valence-corrected chi connectivity index (χ0v) is 13.6. The molecule has 2 heterocycles. The summed E-state index contributed by atoms with van der Waals surface area (Å²) >= 11 is 0. The predicted octanol–water partition coefficient (Wildman–Crippen LogP) is 3.52. The predicted molar refractivity (Wildman–Crippen MR) is 87.1 cm³/mol. The van der Waals surface area contributed by atoms with Gasteiger partial charge in [-0.25, -0.2) is 0 Å². The van der Waals surface area contributed by atoms with E-state index in [1.807, 2.05) is 39.8 Å². The maximum atomic E-state index is 10.2. The van der Waals surface area contributed by atoms with Crippen molar-refractivity contribution in [2.24, 2.45) is 11.8 Å². The summed E-state index contributed by atoms with van der Waals surface area (Å²) in [5.74, 6) is 0.258. The fourth-order valence-corrected chi connectivity index (χ4v) is 2.32. The molecule has 22 heavy (non-hydrogen) atoms. The van der Waals surface area contributed by atoms with Gasteiger partial charge in [-0.15, -0.1) is 0 Å². The van der Waals surface area contributed by atoms with Crippen molar-refractivity contribution in [1.82, 2.24) is 9.97 Å². The summed E-state index contributed by atoms with van der Waals surface area (Å²) in [5.41, 5.74) is 3.37. The van der Waals surface area contributed by atoms with Crippen LogP contribution in [0.15, 0.2) is 36.9 Å². The van der Waals surface area contributed by atoms with Crippen LogP contribution in [0.25, 0.3) is 11.1 Å². The van der Waals surface area contributed by atoms with Crippen LogP contribution in [-0.4, -0.2) is 20.2 Å². The third kappa shape index (κ3) is 3.70. The Morgan fingerprint density at radius 3 is 1.36 bits per heavy atom. The number of aliphatic hydroxyl groups excluding tert-OH is 2. The molecular weight excluding hydrogens is 276 g/mol. The normalized spacial score (nSPS) is 14.4. The van der Waals surface area contributed by atoms with Gasteiger partial charge in [-0.3, -0.25) is 9.97 Å². The molecule has 4 heteroatoms. The van der Waals surface area contributed by atoms with E-state index in [1.165, 1.54) is 0 Å². The molecule has 0 bridgehead atoms. The molecule has 2 aromatic heterocycles. The third-order valence-electron chi connectivity index (χ3n) is 3.80. The quantitative estimate of drug-likeness (QED) is 0.886. The van der Waals surface area contributed by atoms with Gasteiger partial charge in [-0.05, 0) is 35.1 Å². The van der Waals surface area contributed by atoms with E-state index in [0.29, 0.717) is 0 Å². The van der Waals surface area contributed by atoms with E-state index >= 15 is 0 Å². The van der Waals surface area contributed by atoms with Gasteiger partial charge in [0.2, 0.25) is 0 Å². The Bertz CT molecular complexity index is 570. The topological polar surface area (TPSA) is 66.2 Å². The van der Waals surface area contributed by atoms with Crippen LogP contribution >= 0.6 is 0 Å². The van der Waals surface area contributed by atoms with E-state index in [-0.39, 0.29) is 11.8 Å². The summed E-state index contributed by atoms with van der Waals surface area (Å²) in [6.45, 7) is 7.88. The van der Waals surface area contributed by atoms with Crippen molar-refractivity contribution in [2.75, 3.05) is 0 Å². The van der Waals surface area contributed by atoms with Crippen LogP contribution in [0.4, 0.5) is 0 Å². The Morgan fingerprint density at radius 1 is 0.682 bits per heavy atom. The lowest BCUT2D eigenvalue weighted by molar-refractivity contribution is 0.126. The van der Waals surface area contributed by atoms with Crippen molar-refractivity contribution in [2.45, 2.75) is 39.9 Å². The van der Waals surface area contributed by atoms with Gasteiger partial charge < -0.3 is 10.2 Å². The third-order valence-corrected chi connectivity index (χ3v) is 3.80. The lowest BCUT2D eigenvalue weighted by Crippen LogP contribution is -2.07. The van der Waals surface area contributed by atoms with Crippen molar-refractivity contribution >= 4 is 0 Å². The van der Waals surface area contributed by atoms with Gasteiger partial charge in [0.1, 0.15) is 0 Å². The Kier molecular flexibility index (Phi) is 5.27. The second kappa shape index (κ2) is 6.99. The molecule has 0 fully saturated rings. The first-order chi connectivity index (χ1) is 10.4. The van der Waals surface area contributed by atoms with E-state index in [9.17, 15) is 10.2 Å². The van der Waals surface area contributed by atoms with Gasteiger partial charge in [-0.1, -0.05) is 27.7 Å². The van der Waals surface area contributed by atoms with Crippen LogP contribution in [0, 0.1) is 11.8 Å². The summed E-state index contributed by atoms with van der Waals surface area (Å²) < 4.78 is 0. The van der Waals surface area contributed by atoms with Gasteiger partial charge in [0, 0.05) is 35.9 Å². The van der Waals surface area contributed by atoms with E-state index in [4.69, 9.17) is 0 Å². The number of pyridine rings is 2. The van der Waals surface area contributed by atoms with Crippen molar-refractivity contribution in [3.8, 4) is 11.1 Å². The van der Waals surface area contributed by atoms with Crippen LogP contribution in [0.3, 0.4) is 0 Å². The van der Waals surface area contributed by atoms with Crippen LogP contribution in [-0.2, 0) is 0 Å². The molecule has 2 N–H and O–H groups in total. The molecule has 0 saturated heterocycles. The molecular formula is C18H24N2O2. The number of rotatable bonds is 5. The smallest absolute Gasteiger partial charge is 0.0827 e. The number of aromatic nitrogens is 2. The summed E-state index contributed by atoms with van der Waals surface area (Å²) in [4.78, 5) is 8.45. The Hall–Kier alpha value is -1.78. The molecule has 2 atom stereocenters. The summed E-state index contributed by atoms with van der Waals surface area (Å²) in [7, 11) is 0. The van der Waals surface area contributed by atoms with Gasteiger partial charge >= 0.3 is 0 Å². The average Bonchev–Trinajstić information content (AvgIpc) is 2.53. The number of nitrogens with zero attached hydrogens (tertiary/aromatic N) is 2. The van der Waals surface area contributed by atoms with E-state index in [1.54, 1.807) is 24.8 Å². The van der Waals surface area contributed by atoms with Gasteiger partial charge in [0.25, 0.3) is 0 Å². The van der Waals surface area contributed by atoms with Gasteiger partial charge in [0.05, 0.1) is 12.2 Å². The first-order valence-corrected chi connectivity index (χ1v) is 7.66. The molecule has 0 aliphatic heterocycles. The van der Waals surface area contributed by atoms with Crippen molar-refractivity contribution < 1.29 is 10.2 Å². The molecule has 2 aromatic rings. The zero-order chi connectivity index (χ0) is 16.3. The highest BCUT2D eigenvalue weighted by molar-refractivity contribution is 5.63. The molecule has 2 rings (SSSR count). The molecule has 0 aliphatic rings. The number of hydrogen-bond donors (Lipinski definition) is 2. The monoisotopic (exact) mass is 300 g/mol. The molecule has 0 aromatic carbocycles. The minimum Gasteiger partial charge on any atom is -0.388 e. The Labute approximate surface area is 131 Å². The van der Waals surface area contributed by atoms with E-state index in [2.05, 4.69) is 9.97 Å². The maximum Gasteiger partial charge on any atom is 0.0827 e. The first kappa shape index (κ1) is 16.6. The summed E-state index contributed by atoms with van der Waals surface area (Å²) in [6.07, 6.45) is 5.80. The maximum absolute atomic E-state index is 10.2. The number of aliphatic hydroxyl groups is 2. The van der Waals surface area contributed by atoms with Crippen molar-refractivity contribution in [1.29, 1.82) is 0 Å². The molecule has 0 radical (unpaired) electrons. The van der Waals surface area contributed by atoms with Crippen LogP contribution in [0.2, 0.25) is 0 Å². The Balaban J connectivity index is 2.36.